The first kappa shape index (κ1) is 17.8. The van der Waals surface area contributed by atoms with Crippen LogP contribution in [-0.4, -0.2) is 51.1 Å². The lowest BCUT2D eigenvalue weighted by atomic mass is 10.2. The van der Waals surface area contributed by atoms with Crippen LogP contribution in [0.5, 0.6) is 0 Å². The Labute approximate surface area is 161 Å². The van der Waals surface area contributed by atoms with Gasteiger partial charge in [0.15, 0.2) is 5.13 Å². The molecular formula is C19H23N5O2S. The van der Waals surface area contributed by atoms with Gasteiger partial charge < -0.3 is 9.80 Å². The van der Waals surface area contributed by atoms with Crippen molar-refractivity contribution in [2.45, 2.75) is 26.4 Å². The minimum absolute atomic E-state index is 0.0416. The van der Waals surface area contributed by atoms with Gasteiger partial charge >= 0.3 is 5.69 Å². The number of anilines is 1. The molecule has 0 bridgehead atoms. The van der Waals surface area contributed by atoms with Crippen LogP contribution in [0.1, 0.15) is 13.3 Å². The van der Waals surface area contributed by atoms with Gasteiger partial charge in [-0.1, -0.05) is 12.1 Å². The Hall–Kier alpha value is -2.61. The second-order valence-corrected chi connectivity index (χ2v) is 7.47. The molecule has 0 unspecified atom stereocenters. The summed E-state index contributed by atoms with van der Waals surface area (Å²) in [6.07, 6.45) is 2.15. The van der Waals surface area contributed by atoms with Gasteiger partial charge in [-0.3, -0.25) is 13.9 Å². The molecule has 0 spiro atoms. The molecule has 3 aromatic rings. The van der Waals surface area contributed by atoms with Crippen molar-refractivity contribution < 1.29 is 4.79 Å². The SMILES string of the molecule is CCn1c(=O)n(CCC(=O)N2CCN(c3nccs3)CC2)c2ccccc21. The van der Waals surface area contributed by atoms with Crippen LogP contribution < -0.4 is 10.6 Å². The molecule has 1 saturated heterocycles. The highest BCUT2D eigenvalue weighted by Gasteiger charge is 2.22. The van der Waals surface area contributed by atoms with E-state index in [1.807, 2.05) is 47.7 Å². The molecule has 142 valence electrons. The third kappa shape index (κ3) is 3.37. The number of para-hydroxylation sites is 2. The number of hydrogen-bond donors (Lipinski definition) is 0. The number of aromatic nitrogens is 3. The summed E-state index contributed by atoms with van der Waals surface area (Å²) in [5.41, 5.74) is 1.78. The minimum Gasteiger partial charge on any atom is -0.345 e. The van der Waals surface area contributed by atoms with Crippen LogP contribution >= 0.6 is 11.3 Å². The molecule has 1 fully saturated rings. The lowest BCUT2D eigenvalue weighted by molar-refractivity contribution is -0.131. The Morgan fingerprint density at radius 2 is 1.81 bits per heavy atom. The van der Waals surface area contributed by atoms with Crippen LogP contribution in [-0.2, 0) is 17.9 Å². The summed E-state index contributed by atoms with van der Waals surface area (Å²) in [5.74, 6) is 0.106. The number of carbonyl (C=O) groups is 1. The zero-order valence-corrected chi connectivity index (χ0v) is 16.2. The second kappa shape index (κ2) is 7.56. The quantitative estimate of drug-likeness (QED) is 0.674. The van der Waals surface area contributed by atoms with E-state index in [9.17, 15) is 9.59 Å². The zero-order valence-electron chi connectivity index (χ0n) is 15.4. The topological polar surface area (TPSA) is 63.4 Å². The number of benzene rings is 1. The van der Waals surface area contributed by atoms with Gasteiger partial charge in [-0.15, -0.1) is 11.3 Å². The van der Waals surface area contributed by atoms with E-state index in [2.05, 4.69) is 9.88 Å². The van der Waals surface area contributed by atoms with Crippen molar-refractivity contribution in [3.05, 3.63) is 46.3 Å². The van der Waals surface area contributed by atoms with Crippen molar-refractivity contribution in [2.75, 3.05) is 31.1 Å². The van der Waals surface area contributed by atoms with Crippen molar-refractivity contribution in [3.63, 3.8) is 0 Å². The maximum atomic E-state index is 12.7. The van der Waals surface area contributed by atoms with Crippen molar-refractivity contribution in [1.29, 1.82) is 0 Å². The lowest BCUT2D eigenvalue weighted by Crippen LogP contribution is -2.49. The van der Waals surface area contributed by atoms with Crippen molar-refractivity contribution in [2.24, 2.45) is 0 Å². The van der Waals surface area contributed by atoms with Crippen molar-refractivity contribution in [1.82, 2.24) is 19.0 Å². The molecule has 8 heteroatoms. The summed E-state index contributed by atoms with van der Waals surface area (Å²) >= 11 is 1.62. The number of amides is 1. The first-order valence-electron chi connectivity index (χ1n) is 9.29. The summed E-state index contributed by atoms with van der Waals surface area (Å²) in [5, 5.41) is 2.98. The number of fused-ring (bicyclic) bond motifs is 1. The average Bonchev–Trinajstić information content (AvgIpc) is 3.32. The first-order chi connectivity index (χ1) is 13.2. The van der Waals surface area contributed by atoms with Gasteiger partial charge in [-0.2, -0.15) is 0 Å². The van der Waals surface area contributed by atoms with Crippen LogP contribution in [0.25, 0.3) is 11.0 Å². The van der Waals surface area contributed by atoms with Crippen LogP contribution in [0.4, 0.5) is 5.13 Å². The Bertz CT molecular complexity index is 983. The number of imidazole rings is 1. The Morgan fingerprint density at radius 3 is 2.44 bits per heavy atom. The summed E-state index contributed by atoms with van der Waals surface area (Å²) in [6, 6.07) is 7.76. The predicted octanol–water partition coefficient (Wildman–Crippen LogP) is 2.02. The maximum Gasteiger partial charge on any atom is 0.329 e. The number of rotatable bonds is 5. The molecule has 0 radical (unpaired) electrons. The standard InChI is InChI=1S/C19H23N5O2S/c1-2-23-15-5-3-4-6-16(15)24(19(23)26)9-7-17(25)21-10-12-22(13-11-21)18-20-8-14-27-18/h3-6,8,14H,2,7,9-13H2,1H3. The maximum absolute atomic E-state index is 12.7. The fraction of sp³-hybridized carbons (Fsp3) is 0.421. The molecule has 3 heterocycles. The van der Waals surface area contributed by atoms with E-state index in [0.717, 1.165) is 29.3 Å². The largest absolute Gasteiger partial charge is 0.345 e. The smallest absolute Gasteiger partial charge is 0.329 e. The average molecular weight is 385 g/mol. The molecule has 1 amide bonds. The Kier molecular flexibility index (Phi) is 4.98. The van der Waals surface area contributed by atoms with Gasteiger partial charge in [-0.05, 0) is 19.1 Å². The molecule has 0 aliphatic carbocycles. The Balaban J connectivity index is 1.41. The van der Waals surface area contributed by atoms with Gasteiger partial charge in [0.05, 0.1) is 11.0 Å². The van der Waals surface area contributed by atoms with Gasteiger partial charge in [0, 0.05) is 57.3 Å². The fourth-order valence-corrected chi connectivity index (χ4v) is 4.38. The van der Waals surface area contributed by atoms with E-state index < -0.39 is 0 Å². The van der Waals surface area contributed by atoms with E-state index in [1.165, 1.54) is 0 Å². The highest BCUT2D eigenvalue weighted by molar-refractivity contribution is 7.13. The van der Waals surface area contributed by atoms with E-state index in [-0.39, 0.29) is 11.6 Å². The normalized spacial score (nSPS) is 14.9. The van der Waals surface area contributed by atoms with Gasteiger partial charge in [0.25, 0.3) is 0 Å². The number of aryl methyl sites for hydroxylation is 2. The Morgan fingerprint density at radius 1 is 1.11 bits per heavy atom. The van der Waals surface area contributed by atoms with E-state index in [0.29, 0.717) is 32.6 Å². The predicted molar refractivity (Wildman–Crippen MR) is 107 cm³/mol. The lowest BCUT2D eigenvalue weighted by Gasteiger charge is -2.34. The summed E-state index contributed by atoms with van der Waals surface area (Å²) in [6.45, 7) is 6.00. The molecule has 4 rings (SSSR count). The van der Waals surface area contributed by atoms with Crippen LogP contribution in [0.3, 0.4) is 0 Å². The molecule has 1 aliphatic heterocycles. The third-order valence-electron chi connectivity index (χ3n) is 5.11. The highest BCUT2D eigenvalue weighted by atomic mass is 32.1. The van der Waals surface area contributed by atoms with E-state index >= 15 is 0 Å². The van der Waals surface area contributed by atoms with Crippen LogP contribution in [0, 0.1) is 0 Å². The third-order valence-corrected chi connectivity index (χ3v) is 5.95. The first-order valence-corrected chi connectivity index (χ1v) is 10.2. The molecular weight excluding hydrogens is 362 g/mol. The van der Waals surface area contributed by atoms with Crippen molar-refractivity contribution in [3.8, 4) is 0 Å². The highest BCUT2D eigenvalue weighted by Crippen LogP contribution is 2.19. The molecule has 7 nitrogen and oxygen atoms in total. The monoisotopic (exact) mass is 385 g/mol. The number of piperazine rings is 1. The van der Waals surface area contributed by atoms with Gasteiger partial charge in [0.2, 0.25) is 5.91 Å². The molecule has 0 saturated carbocycles. The summed E-state index contributed by atoms with van der Waals surface area (Å²) < 4.78 is 3.48. The van der Waals surface area contributed by atoms with Crippen LogP contribution in [0.15, 0.2) is 40.6 Å². The second-order valence-electron chi connectivity index (χ2n) is 6.60. The number of carbonyl (C=O) groups excluding carboxylic acids is 1. The molecule has 27 heavy (non-hydrogen) atoms. The molecule has 1 aromatic carbocycles. The van der Waals surface area contributed by atoms with Crippen molar-refractivity contribution >= 4 is 33.4 Å². The van der Waals surface area contributed by atoms with Gasteiger partial charge in [-0.25, -0.2) is 9.78 Å². The molecule has 1 aliphatic rings. The minimum atomic E-state index is -0.0416. The van der Waals surface area contributed by atoms with Gasteiger partial charge in [0.1, 0.15) is 0 Å². The molecule has 0 N–H and O–H groups in total. The summed E-state index contributed by atoms with van der Waals surface area (Å²) in [4.78, 5) is 33.8. The summed E-state index contributed by atoms with van der Waals surface area (Å²) in [7, 11) is 0. The van der Waals surface area contributed by atoms with Crippen LogP contribution in [0.2, 0.25) is 0 Å². The number of thiazole rings is 1. The van der Waals surface area contributed by atoms with E-state index in [4.69, 9.17) is 0 Å². The molecule has 0 atom stereocenters. The zero-order chi connectivity index (χ0) is 18.8. The molecule has 2 aromatic heterocycles. The number of nitrogens with zero attached hydrogens (tertiary/aromatic N) is 5. The number of hydrogen-bond acceptors (Lipinski definition) is 5. The van der Waals surface area contributed by atoms with E-state index in [1.54, 1.807) is 20.5 Å². The fourth-order valence-electron chi connectivity index (χ4n) is 3.68.